The summed E-state index contributed by atoms with van der Waals surface area (Å²) < 4.78 is 34.0. The second-order valence-electron chi connectivity index (χ2n) is 4.92. The van der Waals surface area contributed by atoms with Crippen LogP contribution in [0.3, 0.4) is 0 Å². The van der Waals surface area contributed by atoms with Gasteiger partial charge in [0, 0.05) is 17.0 Å². The molecule has 0 radical (unpaired) electrons. The maximum absolute atomic E-state index is 12.1. The third-order valence-electron chi connectivity index (χ3n) is 3.16. The largest absolute Gasteiger partial charge is 0.497 e. The number of carbonyl (C=O) groups is 1. The van der Waals surface area contributed by atoms with E-state index in [1.807, 2.05) is 10.9 Å². The zero-order chi connectivity index (χ0) is 18.3. The molecule has 2 aromatic carbocycles. The number of ether oxygens (including phenoxy) is 2. The molecule has 0 aliphatic heterocycles. The molecule has 0 heterocycles. The van der Waals surface area contributed by atoms with Gasteiger partial charge in [-0.25, -0.2) is 8.42 Å². The van der Waals surface area contributed by atoms with Crippen LogP contribution >= 0.6 is 0 Å². The van der Waals surface area contributed by atoms with Gasteiger partial charge in [-0.2, -0.15) is 0 Å². The van der Waals surface area contributed by atoms with Crippen LogP contribution < -0.4 is 19.7 Å². The van der Waals surface area contributed by atoms with Crippen LogP contribution in [-0.4, -0.2) is 28.5 Å². The molecule has 132 valence electrons. The zero-order valence-corrected chi connectivity index (χ0v) is 14.5. The van der Waals surface area contributed by atoms with Gasteiger partial charge in [-0.3, -0.25) is 10.2 Å². The molecule has 0 saturated carbocycles. The van der Waals surface area contributed by atoms with Crippen LogP contribution in [0.2, 0.25) is 0 Å². The highest BCUT2D eigenvalue weighted by Crippen LogP contribution is 2.22. The Balaban J connectivity index is 2.05. The molecule has 7 nitrogen and oxygen atoms in total. The van der Waals surface area contributed by atoms with E-state index in [0.717, 1.165) is 11.0 Å². The molecular weight excluding hydrogens is 344 g/mol. The number of hydrogen-bond acceptors (Lipinski definition) is 5. The van der Waals surface area contributed by atoms with Gasteiger partial charge in [0.1, 0.15) is 11.5 Å². The van der Waals surface area contributed by atoms with E-state index in [9.17, 15) is 13.2 Å². The molecule has 2 rings (SSSR count). The standard InChI is InChI=1S/C17H18N2O5S/c1-23-15-10-14(11-16(12-15)24-2)17(20)18-19-25(21,22)9-8-13-6-4-3-5-7-13/h3-12,19H,1-2H3,(H,18,20). The van der Waals surface area contributed by atoms with Crippen molar-refractivity contribution < 1.29 is 22.7 Å². The first-order chi connectivity index (χ1) is 11.9. The van der Waals surface area contributed by atoms with Crippen molar-refractivity contribution in [2.75, 3.05) is 14.2 Å². The van der Waals surface area contributed by atoms with Crippen molar-refractivity contribution in [2.45, 2.75) is 0 Å². The molecule has 0 aliphatic carbocycles. The van der Waals surface area contributed by atoms with E-state index in [4.69, 9.17) is 9.47 Å². The Morgan fingerprint density at radius 3 is 2.16 bits per heavy atom. The number of rotatable bonds is 7. The monoisotopic (exact) mass is 362 g/mol. The summed E-state index contributed by atoms with van der Waals surface area (Å²) in [7, 11) is -0.935. The molecule has 2 N–H and O–H groups in total. The van der Waals surface area contributed by atoms with Crippen LogP contribution in [0.4, 0.5) is 0 Å². The number of nitrogens with one attached hydrogen (secondary N) is 2. The van der Waals surface area contributed by atoms with Crippen molar-refractivity contribution in [3.63, 3.8) is 0 Å². The third kappa shape index (κ3) is 5.63. The van der Waals surface area contributed by atoms with Crippen molar-refractivity contribution in [1.29, 1.82) is 0 Å². The lowest BCUT2D eigenvalue weighted by Gasteiger charge is -2.09. The third-order valence-corrected chi connectivity index (χ3v) is 4.04. The highest BCUT2D eigenvalue weighted by atomic mass is 32.2. The van der Waals surface area contributed by atoms with E-state index in [2.05, 4.69) is 5.43 Å². The maximum Gasteiger partial charge on any atom is 0.266 e. The molecular formula is C17H18N2O5S. The van der Waals surface area contributed by atoms with E-state index >= 15 is 0 Å². The first-order valence-corrected chi connectivity index (χ1v) is 8.76. The second kappa shape index (κ2) is 8.32. The fraction of sp³-hybridized carbons (Fsp3) is 0.118. The predicted molar refractivity (Wildman–Crippen MR) is 94.5 cm³/mol. The van der Waals surface area contributed by atoms with Gasteiger partial charge in [-0.1, -0.05) is 30.3 Å². The Morgan fingerprint density at radius 2 is 1.60 bits per heavy atom. The van der Waals surface area contributed by atoms with E-state index in [1.165, 1.54) is 32.4 Å². The molecule has 0 unspecified atom stereocenters. The summed E-state index contributed by atoms with van der Waals surface area (Å²) in [4.78, 5) is 14.1. The first-order valence-electron chi connectivity index (χ1n) is 7.22. The smallest absolute Gasteiger partial charge is 0.266 e. The lowest BCUT2D eigenvalue weighted by molar-refractivity contribution is 0.0944. The van der Waals surface area contributed by atoms with Crippen LogP contribution in [0.1, 0.15) is 15.9 Å². The number of hydrogen-bond donors (Lipinski definition) is 2. The summed E-state index contributed by atoms with van der Waals surface area (Å²) in [5.74, 6) is 0.182. The summed E-state index contributed by atoms with van der Waals surface area (Å²) in [6.45, 7) is 0. The number of benzene rings is 2. The highest BCUT2D eigenvalue weighted by Gasteiger charge is 2.12. The molecule has 0 atom stereocenters. The van der Waals surface area contributed by atoms with Gasteiger partial charge in [-0.05, 0) is 23.8 Å². The van der Waals surface area contributed by atoms with Crippen LogP contribution in [0.5, 0.6) is 11.5 Å². The van der Waals surface area contributed by atoms with Crippen LogP contribution in [0.25, 0.3) is 6.08 Å². The maximum atomic E-state index is 12.1. The molecule has 0 bridgehead atoms. The zero-order valence-electron chi connectivity index (χ0n) is 13.7. The Kier molecular flexibility index (Phi) is 6.15. The topological polar surface area (TPSA) is 93.7 Å². The summed E-state index contributed by atoms with van der Waals surface area (Å²) in [6, 6.07) is 13.4. The minimum atomic E-state index is -3.84. The molecule has 0 aliphatic rings. The summed E-state index contributed by atoms with van der Waals surface area (Å²) >= 11 is 0. The first kappa shape index (κ1) is 18.5. The summed E-state index contributed by atoms with van der Waals surface area (Å²) in [6.07, 6.45) is 1.42. The average molecular weight is 362 g/mol. The molecule has 0 spiro atoms. The van der Waals surface area contributed by atoms with Gasteiger partial charge >= 0.3 is 0 Å². The average Bonchev–Trinajstić information content (AvgIpc) is 2.65. The molecule has 1 amide bonds. The van der Waals surface area contributed by atoms with Gasteiger partial charge in [-0.15, -0.1) is 4.83 Å². The Labute approximate surface area is 146 Å². The van der Waals surface area contributed by atoms with Gasteiger partial charge in [0.05, 0.1) is 14.2 Å². The van der Waals surface area contributed by atoms with Crippen molar-refractivity contribution in [2.24, 2.45) is 0 Å². The van der Waals surface area contributed by atoms with E-state index in [-0.39, 0.29) is 5.56 Å². The molecule has 25 heavy (non-hydrogen) atoms. The van der Waals surface area contributed by atoms with Crippen LogP contribution in [-0.2, 0) is 10.0 Å². The fourth-order valence-electron chi connectivity index (χ4n) is 1.89. The normalized spacial score (nSPS) is 11.3. The van der Waals surface area contributed by atoms with Crippen molar-refractivity contribution in [3.8, 4) is 11.5 Å². The second-order valence-corrected chi connectivity index (χ2v) is 6.48. The van der Waals surface area contributed by atoms with Gasteiger partial charge in [0.25, 0.3) is 15.9 Å². The number of amides is 1. The Hall–Kier alpha value is -2.84. The molecule has 2 aromatic rings. The van der Waals surface area contributed by atoms with Crippen LogP contribution in [0.15, 0.2) is 53.9 Å². The lowest BCUT2D eigenvalue weighted by Crippen LogP contribution is -2.40. The van der Waals surface area contributed by atoms with Crippen LogP contribution in [0, 0.1) is 0 Å². The molecule has 8 heteroatoms. The van der Waals surface area contributed by atoms with Crippen molar-refractivity contribution >= 4 is 22.0 Å². The predicted octanol–water partition coefficient (Wildman–Crippen LogP) is 1.94. The van der Waals surface area contributed by atoms with E-state index in [0.29, 0.717) is 11.5 Å². The summed E-state index contributed by atoms with van der Waals surface area (Å²) in [5.41, 5.74) is 3.04. The summed E-state index contributed by atoms with van der Waals surface area (Å²) in [5, 5.41) is 0.967. The van der Waals surface area contributed by atoms with Gasteiger partial charge < -0.3 is 9.47 Å². The minimum Gasteiger partial charge on any atom is -0.497 e. The Bertz CT molecular complexity index is 842. The van der Waals surface area contributed by atoms with Gasteiger partial charge in [0.2, 0.25) is 0 Å². The van der Waals surface area contributed by atoms with Crippen molar-refractivity contribution in [3.05, 3.63) is 65.1 Å². The lowest BCUT2D eigenvalue weighted by atomic mass is 10.2. The molecule has 0 saturated heterocycles. The SMILES string of the molecule is COc1cc(OC)cc(C(=O)NNS(=O)(=O)C=Cc2ccccc2)c1. The Morgan fingerprint density at radius 1 is 1.00 bits per heavy atom. The number of methoxy groups -OCH3 is 2. The number of hydrazine groups is 1. The molecule has 0 fully saturated rings. The minimum absolute atomic E-state index is 0.186. The number of carbonyl (C=O) groups excluding carboxylic acids is 1. The van der Waals surface area contributed by atoms with E-state index in [1.54, 1.807) is 30.3 Å². The molecule has 0 aromatic heterocycles. The van der Waals surface area contributed by atoms with E-state index < -0.39 is 15.9 Å². The highest BCUT2D eigenvalue weighted by molar-refractivity contribution is 7.92. The fourth-order valence-corrected chi connectivity index (χ4v) is 2.53. The quantitative estimate of drug-likeness (QED) is 0.734. The van der Waals surface area contributed by atoms with Crippen molar-refractivity contribution in [1.82, 2.24) is 10.3 Å². The number of sulfonamides is 1. The van der Waals surface area contributed by atoms with Gasteiger partial charge in [0.15, 0.2) is 0 Å².